The fourth-order valence-corrected chi connectivity index (χ4v) is 4.50. The molecule has 6 heteroatoms. The molecule has 1 aliphatic heterocycles. The predicted molar refractivity (Wildman–Crippen MR) is 88.8 cm³/mol. The van der Waals surface area contributed by atoms with Crippen LogP contribution in [0.3, 0.4) is 0 Å². The van der Waals surface area contributed by atoms with Gasteiger partial charge in [0, 0.05) is 22.5 Å². The predicted octanol–water partition coefficient (Wildman–Crippen LogP) is 3.11. The Hall–Kier alpha value is -1.01. The standard InChI is InChI=1S/C16H18BrNO3S/c17-11-2-1-3-12(6-11)22-9-15(19)18-7-13(10-4-5-10)14(8-18)16(20)21/h1-3,6,10,13-14H,4-5,7-9H2,(H,20,21)/t13-,14+/m1/s1. The molecule has 0 aromatic heterocycles. The van der Waals surface area contributed by atoms with Crippen molar-refractivity contribution in [2.75, 3.05) is 18.8 Å². The van der Waals surface area contributed by atoms with Gasteiger partial charge in [-0.2, -0.15) is 0 Å². The number of carboxylic acids is 1. The molecular weight excluding hydrogens is 366 g/mol. The number of carbonyl (C=O) groups is 2. The number of amides is 1. The van der Waals surface area contributed by atoms with E-state index < -0.39 is 5.97 Å². The number of thioether (sulfide) groups is 1. The summed E-state index contributed by atoms with van der Waals surface area (Å²) in [5.74, 6) is -0.0762. The number of halogens is 1. The molecular formula is C16H18BrNO3S. The van der Waals surface area contributed by atoms with Gasteiger partial charge in [-0.15, -0.1) is 11.8 Å². The van der Waals surface area contributed by atoms with Crippen LogP contribution in [0.15, 0.2) is 33.6 Å². The number of hydrogen-bond donors (Lipinski definition) is 1. The summed E-state index contributed by atoms with van der Waals surface area (Å²) in [5.41, 5.74) is 0. The number of aliphatic carboxylic acids is 1. The Labute approximate surface area is 142 Å². The molecule has 0 radical (unpaired) electrons. The van der Waals surface area contributed by atoms with Crippen LogP contribution < -0.4 is 0 Å². The first-order chi connectivity index (χ1) is 10.5. The van der Waals surface area contributed by atoms with Crippen LogP contribution in [0.5, 0.6) is 0 Å². The maximum absolute atomic E-state index is 12.4. The summed E-state index contributed by atoms with van der Waals surface area (Å²) < 4.78 is 0.992. The number of carbonyl (C=O) groups excluding carboxylic acids is 1. The Morgan fingerprint density at radius 2 is 2.09 bits per heavy atom. The monoisotopic (exact) mass is 383 g/mol. The zero-order chi connectivity index (χ0) is 15.7. The lowest BCUT2D eigenvalue weighted by Gasteiger charge is -2.16. The van der Waals surface area contributed by atoms with Crippen molar-refractivity contribution in [3.8, 4) is 0 Å². The van der Waals surface area contributed by atoms with Crippen molar-refractivity contribution in [2.45, 2.75) is 17.7 Å². The molecule has 1 aromatic carbocycles. The first-order valence-electron chi connectivity index (χ1n) is 7.43. The minimum Gasteiger partial charge on any atom is -0.481 e. The molecule has 1 amide bonds. The number of likely N-dealkylation sites (tertiary alicyclic amines) is 1. The minimum atomic E-state index is -0.758. The van der Waals surface area contributed by atoms with Crippen LogP contribution in [0.4, 0.5) is 0 Å². The van der Waals surface area contributed by atoms with Crippen LogP contribution in [-0.2, 0) is 9.59 Å². The quantitative estimate of drug-likeness (QED) is 0.793. The van der Waals surface area contributed by atoms with Crippen LogP contribution in [0.25, 0.3) is 0 Å². The van der Waals surface area contributed by atoms with E-state index in [9.17, 15) is 14.7 Å². The van der Waals surface area contributed by atoms with E-state index in [0.29, 0.717) is 24.8 Å². The van der Waals surface area contributed by atoms with Crippen molar-refractivity contribution in [2.24, 2.45) is 17.8 Å². The van der Waals surface area contributed by atoms with Gasteiger partial charge in [0.25, 0.3) is 0 Å². The van der Waals surface area contributed by atoms with Crippen molar-refractivity contribution in [3.05, 3.63) is 28.7 Å². The van der Waals surface area contributed by atoms with Crippen LogP contribution in [0.1, 0.15) is 12.8 Å². The molecule has 2 atom stereocenters. The van der Waals surface area contributed by atoms with E-state index in [-0.39, 0.29) is 17.7 Å². The molecule has 0 unspecified atom stereocenters. The molecule has 0 bridgehead atoms. The van der Waals surface area contributed by atoms with Gasteiger partial charge in [0.05, 0.1) is 11.7 Å². The average molecular weight is 384 g/mol. The molecule has 3 rings (SSSR count). The van der Waals surface area contributed by atoms with E-state index in [4.69, 9.17) is 0 Å². The topological polar surface area (TPSA) is 57.6 Å². The van der Waals surface area contributed by atoms with Crippen molar-refractivity contribution >= 4 is 39.6 Å². The van der Waals surface area contributed by atoms with E-state index in [1.54, 1.807) is 4.90 Å². The average Bonchev–Trinajstić information content (AvgIpc) is 3.23. The van der Waals surface area contributed by atoms with Crippen LogP contribution in [-0.4, -0.2) is 40.7 Å². The summed E-state index contributed by atoms with van der Waals surface area (Å²) >= 11 is 4.91. The number of hydrogen-bond acceptors (Lipinski definition) is 3. The lowest BCUT2D eigenvalue weighted by molar-refractivity contribution is -0.142. The maximum Gasteiger partial charge on any atom is 0.308 e. The largest absolute Gasteiger partial charge is 0.481 e. The summed E-state index contributed by atoms with van der Waals surface area (Å²) in [5, 5.41) is 9.35. The lowest BCUT2D eigenvalue weighted by Crippen LogP contribution is -2.31. The fraction of sp³-hybridized carbons (Fsp3) is 0.500. The third kappa shape index (κ3) is 3.66. The SMILES string of the molecule is O=C(O)[C@H]1CN(C(=O)CSc2cccc(Br)c2)C[C@@H]1C1CC1. The van der Waals surface area contributed by atoms with Crippen molar-refractivity contribution in [1.29, 1.82) is 0 Å². The molecule has 22 heavy (non-hydrogen) atoms. The molecule has 1 aromatic rings. The van der Waals surface area contributed by atoms with Gasteiger partial charge < -0.3 is 10.0 Å². The normalized spacial score (nSPS) is 24.5. The molecule has 1 saturated carbocycles. The maximum atomic E-state index is 12.4. The second-order valence-corrected chi connectivity index (χ2v) is 7.96. The lowest BCUT2D eigenvalue weighted by atomic mass is 9.92. The van der Waals surface area contributed by atoms with Gasteiger partial charge in [-0.05, 0) is 42.9 Å². The van der Waals surface area contributed by atoms with E-state index in [2.05, 4.69) is 15.9 Å². The third-order valence-electron chi connectivity index (χ3n) is 4.42. The zero-order valence-electron chi connectivity index (χ0n) is 12.1. The van der Waals surface area contributed by atoms with Gasteiger partial charge >= 0.3 is 5.97 Å². The van der Waals surface area contributed by atoms with Gasteiger partial charge in [-0.1, -0.05) is 22.0 Å². The van der Waals surface area contributed by atoms with Gasteiger partial charge in [0.2, 0.25) is 5.91 Å². The fourth-order valence-electron chi connectivity index (χ4n) is 3.09. The number of nitrogens with zero attached hydrogens (tertiary/aromatic N) is 1. The molecule has 118 valence electrons. The van der Waals surface area contributed by atoms with Gasteiger partial charge in [-0.25, -0.2) is 0 Å². The van der Waals surface area contributed by atoms with Crippen molar-refractivity contribution in [3.63, 3.8) is 0 Å². The number of carboxylic acid groups (broad SMARTS) is 1. The van der Waals surface area contributed by atoms with Crippen LogP contribution in [0, 0.1) is 17.8 Å². The van der Waals surface area contributed by atoms with E-state index in [0.717, 1.165) is 22.2 Å². The van der Waals surface area contributed by atoms with Crippen LogP contribution >= 0.6 is 27.7 Å². The Morgan fingerprint density at radius 1 is 1.32 bits per heavy atom. The molecule has 4 nitrogen and oxygen atoms in total. The third-order valence-corrected chi connectivity index (χ3v) is 5.89. The molecule has 2 fully saturated rings. The Kier molecular flexibility index (Phi) is 4.78. The minimum absolute atomic E-state index is 0.0411. The molecule has 1 saturated heterocycles. The summed E-state index contributed by atoms with van der Waals surface area (Å²) in [4.78, 5) is 26.5. The summed E-state index contributed by atoms with van der Waals surface area (Å²) in [6.07, 6.45) is 2.23. The van der Waals surface area contributed by atoms with E-state index in [1.165, 1.54) is 11.8 Å². The van der Waals surface area contributed by atoms with Gasteiger partial charge in [0.15, 0.2) is 0 Å². The highest BCUT2D eigenvalue weighted by molar-refractivity contribution is 9.10. The summed E-state index contributed by atoms with van der Waals surface area (Å²) in [6.45, 7) is 0.980. The number of benzene rings is 1. The molecule has 2 aliphatic rings. The Bertz CT molecular complexity index is 591. The van der Waals surface area contributed by atoms with Gasteiger partial charge in [-0.3, -0.25) is 9.59 Å². The van der Waals surface area contributed by atoms with Crippen molar-refractivity contribution < 1.29 is 14.7 Å². The highest BCUT2D eigenvalue weighted by atomic mass is 79.9. The smallest absolute Gasteiger partial charge is 0.308 e. The first-order valence-corrected chi connectivity index (χ1v) is 9.21. The van der Waals surface area contributed by atoms with Crippen LogP contribution in [0.2, 0.25) is 0 Å². The van der Waals surface area contributed by atoms with E-state index in [1.807, 2.05) is 24.3 Å². The van der Waals surface area contributed by atoms with Crippen molar-refractivity contribution in [1.82, 2.24) is 4.90 Å². The van der Waals surface area contributed by atoms with Gasteiger partial charge in [0.1, 0.15) is 0 Å². The number of rotatable bonds is 5. The Morgan fingerprint density at radius 3 is 2.73 bits per heavy atom. The first kappa shape index (κ1) is 15.9. The second-order valence-electron chi connectivity index (χ2n) is 5.99. The zero-order valence-corrected chi connectivity index (χ0v) is 14.5. The van der Waals surface area contributed by atoms with E-state index >= 15 is 0 Å². The second kappa shape index (κ2) is 6.62. The molecule has 0 spiro atoms. The molecule has 1 N–H and O–H groups in total. The molecule has 1 heterocycles. The highest BCUT2D eigenvalue weighted by Gasteiger charge is 2.46. The Balaban J connectivity index is 1.57. The highest BCUT2D eigenvalue weighted by Crippen LogP contribution is 2.44. The summed E-state index contributed by atoms with van der Waals surface area (Å²) in [6, 6.07) is 7.84. The summed E-state index contributed by atoms with van der Waals surface area (Å²) in [7, 11) is 0. The molecule has 1 aliphatic carbocycles.